The number of ketones is 1. The lowest BCUT2D eigenvalue weighted by molar-refractivity contribution is -0.173. The van der Waals surface area contributed by atoms with E-state index < -0.39 is 12.2 Å². The van der Waals surface area contributed by atoms with Crippen LogP contribution in [0.15, 0.2) is 0 Å². The van der Waals surface area contributed by atoms with Crippen LogP contribution in [-0.2, 0) is 4.79 Å². The molecule has 4 rings (SSSR count). The molecule has 3 nitrogen and oxygen atoms in total. The van der Waals surface area contributed by atoms with Gasteiger partial charge in [-0.2, -0.15) is 0 Å². The zero-order valence-electron chi connectivity index (χ0n) is 13.9. The summed E-state index contributed by atoms with van der Waals surface area (Å²) in [7, 11) is 0. The van der Waals surface area contributed by atoms with Crippen LogP contribution in [0.4, 0.5) is 0 Å². The quantitative estimate of drug-likeness (QED) is 0.723. The number of aliphatic hydroxyl groups is 2. The van der Waals surface area contributed by atoms with Crippen LogP contribution in [0.25, 0.3) is 0 Å². The Hall–Kier alpha value is -0.410. The maximum atomic E-state index is 12.4. The van der Waals surface area contributed by atoms with Crippen LogP contribution in [-0.4, -0.2) is 28.2 Å². The van der Waals surface area contributed by atoms with Crippen LogP contribution in [0.1, 0.15) is 65.2 Å². The first-order chi connectivity index (χ1) is 10.4. The van der Waals surface area contributed by atoms with Crippen molar-refractivity contribution in [3.8, 4) is 0 Å². The van der Waals surface area contributed by atoms with Gasteiger partial charge in [0.2, 0.25) is 0 Å². The van der Waals surface area contributed by atoms with Crippen LogP contribution in [0.2, 0.25) is 0 Å². The molecule has 0 bridgehead atoms. The number of aliphatic hydroxyl groups excluding tert-OH is 2. The summed E-state index contributed by atoms with van der Waals surface area (Å²) in [5.74, 6) is 2.62. The summed E-state index contributed by atoms with van der Waals surface area (Å²) >= 11 is 0. The van der Waals surface area contributed by atoms with Crippen molar-refractivity contribution in [2.24, 2.45) is 34.5 Å². The Bertz CT molecular complexity index is 489. The van der Waals surface area contributed by atoms with Gasteiger partial charge in [-0.3, -0.25) is 4.79 Å². The van der Waals surface area contributed by atoms with Crippen LogP contribution in [0.3, 0.4) is 0 Å². The summed E-state index contributed by atoms with van der Waals surface area (Å²) in [4.78, 5) is 12.4. The summed E-state index contributed by atoms with van der Waals surface area (Å²) in [6.45, 7) is 4.58. The third-order valence-corrected chi connectivity index (χ3v) is 8.44. The Kier molecular flexibility index (Phi) is 3.30. The van der Waals surface area contributed by atoms with Gasteiger partial charge in [0, 0.05) is 11.8 Å². The van der Waals surface area contributed by atoms with Crippen molar-refractivity contribution in [2.45, 2.75) is 77.4 Å². The molecular weight excluding hydrogens is 276 g/mol. The predicted octanol–water partition coefficient (Wildman–Crippen LogP) is 2.93. The van der Waals surface area contributed by atoms with E-state index in [0.29, 0.717) is 23.5 Å². The van der Waals surface area contributed by atoms with Gasteiger partial charge >= 0.3 is 0 Å². The molecule has 0 heterocycles. The fraction of sp³-hybridized carbons (Fsp3) is 0.947. The Morgan fingerprint density at radius 3 is 2.45 bits per heavy atom. The predicted molar refractivity (Wildman–Crippen MR) is 84.1 cm³/mol. The van der Waals surface area contributed by atoms with E-state index in [4.69, 9.17) is 0 Å². The van der Waals surface area contributed by atoms with E-state index in [1.54, 1.807) is 0 Å². The van der Waals surface area contributed by atoms with Crippen molar-refractivity contribution in [3.63, 3.8) is 0 Å². The molecule has 0 saturated heterocycles. The minimum absolute atomic E-state index is 0.0584. The molecule has 3 heteroatoms. The van der Waals surface area contributed by atoms with Crippen LogP contribution < -0.4 is 0 Å². The van der Waals surface area contributed by atoms with Crippen LogP contribution >= 0.6 is 0 Å². The molecule has 0 aromatic carbocycles. The van der Waals surface area contributed by atoms with Crippen molar-refractivity contribution in [1.29, 1.82) is 0 Å². The molecule has 0 unspecified atom stereocenters. The van der Waals surface area contributed by atoms with Gasteiger partial charge < -0.3 is 10.2 Å². The van der Waals surface area contributed by atoms with Gasteiger partial charge in [-0.15, -0.1) is 0 Å². The molecule has 4 aliphatic rings. The monoisotopic (exact) mass is 306 g/mol. The Labute approximate surface area is 133 Å². The largest absolute Gasteiger partial charge is 0.390 e. The van der Waals surface area contributed by atoms with Gasteiger partial charge in [-0.1, -0.05) is 13.8 Å². The topological polar surface area (TPSA) is 57.5 Å². The average Bonchev–Trinajstić information content (AvgIpc) is 2.79. The summed E-state index contributed by atoms with van der Waals surface area (Å²) in [6.07, 6.45) is 6.91. The molecule has 22 heavy (non-hydrogen) atoms. The summed E-state index contributed by atoms with van der Waals surface area (Å²) in [6, 6.07) is 0. The Morgan fingerprint density at radius 1 is 0.909 bits per heavy atom. The highest BCUT2D eigenvalue weighted by atomic mass is 16.3. The van der Waals surface area contributed by atoms with Crippen LogP contribution in [0, 0.1) is 34.5 Å². The smallest absolute Gasteiger partial charge is 0.139 e. The summed E-state index contributed by atoms with van der Waals surface area (Å²) in [5, 5.41) is 20.6. The molecule has 0 aromatic rings. The zero-order chi connectivity index (χ0) is 15.7. The summed E-state index contributed by atoms with van der Waals surface area (Å²) in [5.41, 5.74) is 0.103. The van der Waals surface area contributed by atoms with Gasteiger partial charge in [0.1, 0.15) is 5.78 Å². The van der Waals surface area contributed by atoms with Gasteiger partial charge in [0.15, 0.2) is 0 Å². The van der Waals surface area contributed by atoms with Crippen molar-refractivity contribution < 1.29 is 15.0 Å². The maximum absolute atomic E-state index is 12.4. The highest BCUT2D eigenvalue weighted by molar-refractivity contribution is 5.87. The number of carbonyl (C=O) groups excluding carboxylic acids is 1. The molecule has 0 aromatic heterocycles. The highest BCUT2D eigenvalue weighted by Crippen LogP contribution is 2.65. The molecule has 8 atom stereocenters. The zero-order valence-corrected chi connectivity index (χ0v) is 13.9. The number of hydrogen-bond acceptors (Lipinski definition) is 3. The van der Waals surface area contributed by atoms with E-state index in [2.05, 4.69) is 13.8 Å². The molecular formula is C19H30O3. The van der Waals surface area contributed by atoms with Gasteiger partial charge in [0.05, 0.1) is 12.2 Å². The minimum atomic E-state index is -0.543. The SMILES string of the molecule is C[C@]12CC[C@H](O)[C@@H](O)[C@@H]1CC[C@@H]1[C@@H]2CC[C@]2(C)C(=O)CC[C@@H]12. The van der Waals surface area contributed by atoms with E-state index in [1.165, 1.54) is 0 Å². The van der Waals surface area contributed by atoms with Crippen molar-refractivity contribution in [2.75, 3.05) is 0 Å². The van der Waals surface area contributed by atoms with E-state index in [1.807, 2.05) is 0 Å². The fourth-order valence-corrected chi connectivity index (χ4v) is 7.09. The lowest BCUT2D eigenvalue weighted by atomic mass is 9.45. The molecule has 0 aliphatic heterocycles. The lowest BCUT2D eigenvalue weighted by Gasteiger charge is -2.61. The average molecular weight is 306 g/mol. The molecule has 2 N–H and O–H groups in total. The molecule has 4 aliphatic carbocycles. The number of hydrogen-bond donors (Lipinski definition) is 2. The number of carbonyl (C=O) groups is 1. The van der Waals surface area contributed by atoms with E-state index >= 15 is 0 Å². The molecule has 124 valence electrons. The standard InChI is InChI=1S/C19H30O3/c1-18-10-8-15(20)17(22)14(18)4-3-11-12-5-6-16(21)19(12,2)9-7-13(11)18/h11-15,17,20,22H,3-10H2,1-2H3/t11-,12-,13-,14-,15-,17-,18+,19-/m0/s1. The number of Topliss-reactive ketones (excluding diaryl/α,β-unsaturated/α-hetero) is 1. The van der Waals surface area contributed by atoms with Crippen LogP contribution in [0.5, 0.6) is 0 Å². The molecule has 0 radical (unpaired) electrons. The van der Waals surface area contributed by atoms with E-state index in [-0.39, 0.29) is 16.7 Å². The molecule has 4 fully saturated rings. The van der Waals surface area contributed by atoms with Crippen molar-refractivity contribution in [1.82, 2.24) is 0 Å². The second-order valence-corrected chi connectivity index (χ2v) is 9.08. The normalized spacial score (nSPS) is 57.9. The lowest BCUT2D eigenvalue weighted by Crippen LogP contribution is -2.58. The van der Waals surface area contributed by atoms with E-state index in [9.17, 15) is 15.0 Å². The van der Waals surface area contributed by atoms with Crippen molar-refractivity contribution in [3.05, 3.63) is 0 Å². The maximum Gasteiger partial charge on any atom is 0.139 e. The summed E-state index contributed by atoms with van der Waals surface area (Å²) < 4.78 is 0. The van der Waals surface area contributed by atoms with Crippen molar-refractivity contribution >= 4 is 5.78 Å². The third kappa shape index (κ3) is 1.78. The highest BCUT2D eigenvalue weighted by Gasteiger charge is 2.61. The second kappa shape index (κ2) is 4.80. The fourth-order valence-electron chi connectivity index (χ4n) is 7.09. The number of fused-ring (bicyclic) bond motifs is 5. The molecule has 0 spiro atoms. The second-order valence-electron chi connectivity index (χ2n) is 9.08. The molecule has 0 amide bonds. The first kappa shape index (κ1) is 15.1. The van der Waals surface area contributed by atoms with Gasteiger partial charge in [-0.05, 0) is 74.0 Å². The third-order valence-electron chi connectivity index (χ3n) is 8.44. The van der Waals surface area contributed by atoms with E-state index in [0.717, 1.165) is 51.4 Å². The van der Waals surface area contributed by atoms with Gasteiger partial charge in [0.25, 0.3) is 0 Å². The minimum Gasteiger partial charge on any atom is -0.390 e. The first-order valence-electron chi connectivity index (χ1n) is 9.27. The molecule has 4 saturated carbocycles. The Balaban J connectivity index is 1.65. The Morgan fingerprint density at radius 2 is 1.68 bits per heavy atom. The van der Waals surface area contributed by atoms with Gasteiger partial charge in [-0.25, -0.2) is 0 Å². The first-order valence-corrected chi connectivity index (χ1v) is 9.27. The number of rotatable bonds is 0.